The molecule has 0 aliphatic heterocycles. The minimum absolute atomic E-state index is 0.346. The highest BCUT2D eigenvalue weighted by Gasteiger charge is 2.79. The van der Waals surface area contributed by atoms with Gasteiger partial charge in [-0.25, -0.2) is 8.42 Å². The van der Waals surface area contributed by atoms with E-state index in [1.807, 2.05) is 0 Å². The third kappa shape index (κ3) is 3.66. The fourth-order valence-corrected chi connectivity index (χ4v) is 4.52. The number of hydrogen-bond acceptors (Lipinski definition) is 3. The predicted octanol–water partition coefficient (Wildman–Crippen LogP) is 4.07. The molecule has 3 saturated carbocycles. The molecule has 1 aromatic rings. The molecular formula is C17H18F6N2O3S. The summed E-state index contributed by atoms with van der Waals surface area (Å²) in [5.74, 6) is -1.06. The van der Waals surface area contributed by atoms with Crippen LogP contribution in [0.5, 0.6) is 0 Å². The summed E-state index contributed by atoms with van der Waals surface area (Å²) in [6, 6.07) is 1.92. The molecule has 0 unspecified atom stereocenters. The highest BCUT2D eigenvalue weighted by atomic mass is 32.2. The number of carbonyl (C=O) groups excluding carboxylic acids is 1. The van der Waals surface area contributed by atoms with Gasteiger partial charge in [0.2, 0.25) is 10.0 Å². The van der Waals surface area contributed by atoms with Crippen LogP contribution < -0.4 is 10.0 Å². The molecule has 3 aliphatic carbocycles. The first-order valence-electron chi connectivity index (χ1n) is 8.63. The summed E-state index contributed by atoms with van der Waals surface area (Å²) in [4.78, 5) is 12.6. The molecule has 0 saturated heterocycles. The lowest BCUT2D eigenvalue weighted by molar-refractivity contribution is -0.336. The van der Waals surface area contributed by atoms with Crippen molar-refractivity contribution in [2.45, 2.75) is 56.3 Å². The number of nitrogens with one attached hydrogen (secondary N) is 2. The van der Waals surface area contributed by atoms with Gasteiger partial charge in [0, 0.05) is 5.54 Å². The molecule has 12 heteroatoms. The molecule has 3 aliphatic rings. The zero-order chi connectivity index (χ0) is 22.0. The van der Waals surface area contributed by atoms with Crippen LogP contribution in [0.25, 0.3) is 0 Å². The molecular weight excluding hydrogens is 426 g/mol. The number of anilines is 1. The van der Waals surface area contributed by atoms with E-state index in [1.54, 1.807) is 0 Å². The van der Waals surface area contributed by atoms with E-state index in [4.69, 9.17) is 0 Å². The highest BCUT2D eigenvalue weighted by Crippen LogP contribution is 2.73. The molecule has 5 nitrogen and oxygen atoms in total. The number of sulfonamides is 1. The number of alkyl halides is 6. The molecule has 0 spiro atoms. The van der Waals surface area contributed by atoms with Gasteiger partial charge >= 0.3 is 12.4 Å². The van der Waals surface area contributed by atoms with E-state index in [0.29, 0.717) is 12.1 Å². The van der Waals surface area contributed by atoms with Crippen molar-refractivity contribution in [2.75, 3.05) is 4.72 Å². The predicted molar refractivity (Wildman–Crippen MR) is 91.7 cm³/mol. The number of amides is 1. The Balaban J connectivity index is 1.87. The van der Waals surface area contributed by atoms with Gasteiger partial charge in [-0.15, -0.1) is 0 Å². The standard InChI is InChI=1S/C17H18F6N2O3S/c1-9(2)29(27,28)25-12-4-3-10(16(18,19)20)5-11(12)13(26)24-15-6-14(7-15,8-15)17(21,22)23/h3-5,9,25H,6-8H2,1-2H3,(H,24,26). The van der Waals surface area contributed by atoms with Crippen molar-refractivity contribution in [2.24, 2.45) is 5.41 Å². The Kier molecular flexibility index (Phi) is 4.69. The molecule has 3 fully saturated rings. The second-order valence-corrected chi connectivity index (χ2v) is 10.2. The lowest BCUT2D eigenvalue weighted by Gasteiger charge is -2.70. The van der Waals surface area contributed by atoms with Crippen molar-refractivity contribution in [3.8, 4) is 0 Å². The summed E-state index contributed by atoms with van der Waals surface area (Å²) in [5, 5.41) is 1.44. The maximum atomic E-state index is 13.0. The molecule has 29 heavy (non-hydrogen) atoms. The van der Waals surface area contributed by atoms with Gasteiger partial charge in [0.25, 0.3) is 5.91 Å². The van der Waals surface area contributed by atoms with Gasteiger partial charge in [-0.3, -0.25) is 9.52 Å². The summed E-state index contributed by atoms with van der Waals surface area (Å²) in [5.41, 5.74) is -5.14. The van der Waals surface area contributed by atoms with E-state index in [0.717, 1.165) is 6.07 Å². The fourth-order valence-electron chi connectivity index (χ4n) is 3.80. The van der Waals surface area contributed by atoms with Crippen LogP contribution in [0.2, 0.25) is 0 Å². The van der Waals surface area contributed by atoms with Crippen LogP contribution >= 0.6 is 0 Å². The third-order valence-corrected chi connectivity index (χ3v) is 7.22. The third-order valence-electron chi connectivity index (χ3n) is 5.47. The molecule has 0 aromatic heterocycles. The first kappa shape index (κ1) is 21.7. The summed E-state index contributed by atoms with van der Waals surface area (Å²) in [7, 11) is -3.97. The molecule has 4 rings (SSSR count). The van der Waals surface area contributed by atoms with E-state index in [-0.39, 0.29) is 24.9 Å². The lowest BCUT2D eigenvalue weighted by Crippen LogP contribution is -2.78. The first-order chi connectivity index (χ1) is 13.0. The van der Waals surface area contributed by atoms with E-state index >= 15 is 0 Å². The number of hydrogen-bond donors (Lipinski definition) is 2. The maximum absolute atomic E-state index is 13.0. The van der Waals surface area contributed by atoms with Crippen LogP contribution in [0.4, 0.5) is 32.0 Å². The second kappa shape index (κ2) is 6.26. The topological polar surface area (TPSA) is 75.3 Å². The first-order valence-corrected chi connectivity index (χ1v) is 10.2. The van der Waals surface area contributed by atoms with Crippen molar-refractivity contribution in [3.63, 3.8) is 0 Å². The minimum atomic E-state index is -4.79. The van der Waals surface area contributed by atoms with Crippen LogP contribution in [0.1, 0.15) is 49.0 Å². The largest absolute Gasteiger partial charge is 0.416 e. The molecule has 0 atom stereocenters. The zero-order valence-electron chi connectivity index (χ0n) is 15.3. The van der Waals surface area contributed by atoms with Crippen LogP contribution in [0.3, 0.4) is 0 Å². The van der Waals surface area contributed by atoms with Gasteiger partial charge in [0.1, 0.15) is 0 Å². The van der Waals surface area contributed by atoms with E-state index in [2.05, 4.69) is 10.0 Å². The molecule has 162 valence electrons. The Morgan fingerprint density at radius 3 is 2.07 bits per heavy atom. The van der Waals surface area contributed by atoms with Gasteiger partial charge in [-0.1, -0.05) is 0 Å². The second-order valence-electron chi connectivity index (χ2n) is 8.00. The number of rotatable bonds is 5. The molecule has 1 amide bonds. The minimum Gasteiger partial charge on any atom is -0.346 e. The zero-order valence-corrected chi connectivity index (χ0v) is 16.1. The van der Waals surface area contributed by atoms with Crippen molar-refractivity contribution in [1.29, 1.82) is 0 Å². The van der Waals surface area contributed by atoms with Crippen LogP contribution in [0.15, 0.2) is 18.2 Å². The number of carbonyl (C=O) groups is 1. The normalized spacial score (nSPS) is 26.5. The molecule has 2 N–H and O–H groups in total. The van der Waals surface area contributed by atoms with Gasteiger partial charge < -0.3 is 5.32 Å². The Labute approximate surface area is 162 Å². The highest BCUT2D eigenvalue weighted by molar-refractivity contribution is 7.93. The van der Waals surface area contributed by atoms with Gasteiger partial charge in [-0.05, 0) is 51.3 Å². The van der Waals surface area contributed by atoms with E-state index in [1.165, 1.54) is 13.8 Å². The van der Waals surface area contributed by atoms with Gasteiger partial charge in [-0.2, -0.15) is 26.3 Å². The van der Waals surface area contributed by atoms with Crippen molar-refractivity contribution >= 4 is 21.6 Å². The summed E-state index contributed by atoms with van der Waals surface area (Å²) in [6.07, 6.45) is -10.2. The molecule has 0 radical (unpaired) electrons. The molecule has 0 heterocycles. The lowest BCUT2D eigenvalue weighted by atomic mass is 9.39. The maximum Gasteiger partial charge on any atom is 0.416 e. The van der Waals surface area contributed by atoms with Crippen LogP contribution in [0, 0.1) is 5.41 Å². The monoisotopic (exact) mass is 444 g/mol. The van der Waals surface area contributed by atoms with E-state index < -0.39 is 55.6 Å². The van der Waals surface area contributed by atoms with Crippen LogP contribution in [-0.2, 0) is 16.2 Å². The smallest absolute Gasteiger partial charge is 0.346 e. The Bertz CT molecular complexity index is 933. The van der Waals surface area contributed by atoms with Crippen molar-refractivity contribution in [1.82, 2.24) is 5.32 Å². The fraction of sp³-hybridized carbons (Fsp3) is 0.588. The summed E-state index contributed by atoms with van der Waals surface area (Å²) in [6.45, 7) is 2.68. The Morgan fingerprint density at radius 2 is 1.62 bits per heavy atom. The summed E-state index contributed by atoms with van der Waals surface area (Å²) >= 11 is 0. The van der Waals surface area contributed by atoms with Crippen LogP contribution in [-0.4, -0.2) is 31.3 Å². The average molecular weight is 444 g/mol. The van der Waals surface area contributed by atoms with Gasteiger partial charge in [0.05, 0.1) is 27.5 Å². The summed E-state index contributed by atoms with van der Waals surface area (Å²) < 4.78 is 104. The number of benzene rings is 1. The van der Waals surface area contributed by atoms with E-state index in [9.17, 15) is 39.6 Å². The molecule has 1 aromatic carbocycles. The van der Waals surface area contributed by atoms with Crippen molar-refractivity contribution in [3.05, 3.63) is 29.3 Å². The van der Waals surface area contributed by atoms with Crippen molar-refractivity contribution < 1.29 is 39.6 Å². The quantitative estimate of drug-likeness (QED) is 0.673. The molecule has 2 bridgehead atoms. The Morgan fingerprint density at radius 1 is 1.07 bits per heavy atom. The van der Waals surface area contributed by atoms with Gasteiger partial charge in [0.15, 0.2) is 0 Å². The number of halogens is 6. The average Bonchev–Trinajstić information content (AvgIpc) is 2.46. The Hall–Kier alpha value is -1.98. The SMILES string of the molecule is CC(C)S(=O)(=O)Nc1ccc(C(F)(F)F)cc1C(=O)NC12CC(C(F)(F)F)(C1)C2.